The van der Waals surface area contributed by atoms with Crippen LogP contribution in [0.25, 0.3) is 0 Å². The fourth-order valence-corrected chi connectivity index (χ4v) is 1.58. The molecule has 0 aliphatic carbocycles. The van der Waals surface area contributed by atoms with E-state index in [1.165, 1.54) is 0 Å². The summed E-state index contributed by atoms with van der Waals surface area (Å²) in [5, 5.41) is 18.5. The van der Waals surface area contributed by atoms with E-state index in [0.717, 1.165) is 0 Å². The average Bonchev–Trinajstić information content (AvgIpc) is 2.45. The normalized spacial score (nSPS) is 37.6. The van der Waals surface area contributed by atoms with Gasteiger partial charge in [-0.1, -0.05) is 0 Å². The maximum atomic E-state index is 9.67. The molecule has 14 heavy (non-hydrogen) atoms. The molecule has 0 saturated carbocycles. The van der Waals surface area contributed by atoms with Crippen LogP contribution in [0.15, 0.2) is 0 Å². The fourth-order valence-electron chi connectivity index (χ4n) is 1.58. The molecule has 2 unspecified atom stereocenters. The molecule has 5 nitrogen and oxygen atoms in total. The zero-order chi connectivity index (χ0) is 10.6. The van der Waals surface area contributed by atoms with Gasteiger partial charge in [-0.05, 0) is 0 Å². The molecule has 82 valence electrons. The quantitative estimate of drug-likeness (QED) is 0.390. The van der Waals surface area contributed by atoms with Gasteiger partial charge in [0.15, 0.2) is 0 Å². The third-order valence-corrected chi connectivity index (χ3v) is 2.35. The summed E-state index contributed by atoms with van der Waals surface area (Å²) in [4.78, 5) is 0. The van der Waals surface area contributed by atoms with E-state index in [1.54, 1.807) is 7.11 Å². The number of methoxy groups -OCH3 is 1. The molecule has 1 rings (SSSR count). The van der Waals surface area contributed by atoms with Gasteiger partial charge in [0.2, 0.25) is 0 Å². The summed E-state index contributed by atoms with van der Waals surface area (Å²) in [6.07, 6.45) is -1.66. The largest absolute Gasteiger partial charge is 0.394 e. The summed E-state index contributed by atoms with van der Waals surface area (Å²) < 4.78 is 15.5. The predicted molar refractivity (Wildman–Crippen MR) is 51.9 cm³/mol. The second kappa shape index (κ2) is 5.67. The van der Waals surface area contributed by atoms with Crippen molar-refractivity contribution in [1.82, 2.24) is 0 Å². The van der Waals surface area contributed by atoms with Gasteiger partial charge in [0.1, 0.15) is 26.2 Å². The minimum absolute atomic E-state index is 0.185. The summed E-state index contributed by atoms with van der Waals surface area (Å²) in [6.45, 7) is 0.722. The van der Waals surface area contributed by atoms with E-state index >= 15 is 0 Å². The lowest BCUT2D eigenvalue weighted by molar-refractivity contribution is -0.0415. The van der Waals surface area contributed by atoms with Crippen LogP contribution in [0, 0.1) is 0 Å². The Morgan fingerprint density at radius 3 is 2.64 bits per heavy atom. The Kier molecular flexibility index (Phi) is 4.84. The van der Waals surface area contributed by atoms with E-state index in [1.807, 2.05) is 7.85 Å². The van der Waals surface area contributed by atoms with Crippen molar-refractivity contribution in [2.45, 2.75) is 24.3 Å². The monoisotopic (exact) mass is 204 g/mol. The van der Waals surface area contributed by atoms with Crippen molar-refractivity contribution in [2.24, 2.45) is 0 Å². The van der Waals surface area contributed by atoms with Gasteiger partial charge in [-0.3, -0.25) is 0 Å². The van der Waals surface area contributed by atoms with Crippen molar-refractivity contribution in [1.29, 1.82) is 0 Å². The summed E-state index contributed by atoms with van der Waals surface area (Å²) in [5.41, 5.74) is 0. The third-order valence-electron chi connectivity index (χ3n) is 2.35. The van der Waals surface area contributed by atoms with E-state index in [9.17, 15) is 5.11 Å². The van der Waals surface area contributed by atoms with Crippen LogP contribution in [0.3, 0.4) is 0 Å². The van der Waals surface area contributed by atoms with Crippen LogP contribution >= 0.6 is 0 Å². The van der Waals surface area contributed by atoms with Gasteiger partial charge >= 0.3 is 0 Å². The second-order valence-corrected chi connectivity index (χ2v) is 3.38. The summed E-state index contributed by atoms with van der Waals surface area (Å²) >= 11 is 0. The van der Waals surface area contributed by atoms with Crippen molar-refractivity contribution in [3.63, 3.8) is 0 Å². The number of rotatable bonds is 5. The maximum absolute atomic E-state index is 9.67. The Labute approximate surface area is 84.4 Å². The van der Waals surface area contributed by atoms with Crippen LogP contribution in [-0.2, 0) is 14.2 Å². The first kappa shape index (κ1) is 11.9. The Morgan fingerprint density at radius 2 is 2.14 bits per heavy atom. The Balaban J connectivity index is 2.36. The maximum Gasteiger partial charge on any atom is 0.142 e. The van der Waals surface area contributed by atoms with E-state index < -0.39 is 12.2 Å². The molecular weight excluding hydrogens is 187 g/mol. The molecule has 1 aliphatic rings. The molecule has 2 N–H and O–H groups in total. The summed E-state index contributed by atoms with van der Waals surface area (Å²) in [6, 6.07) is -0.195. The molecular formula is C8H17BO5. The Hall–Kier alpha value is -0.135. The molecule has 1 saturated heterocycles. The molecule has 0 amide bonds. The lowest BCUT2D eigenvalue weighted by atomic mass is 9.93. The Morgan fingerprint density at radius 1 is 1.43 bits per heavy atom. The first-order valence-electron chi connectivity index (χ1n) is 4.75. The van der Waals surface area contributed by atoms with E-state index in [2.05, 4.69) is 0 Å². The van der Waals surface area contributed by atoms with Crippen LogP contribution in [0.4, 0.5) is 0 Å². The van der Waals surface area contributed by atoms with E-state index in [-0.39, 0.29) is 18.7 Å². The van der Waals surface area contributed by atoms with Gasteiger partial charge in [-0.2, -0.15) is 0 Å². The van der Waals surface area contributed by atoms with Gasteiger partial charge in [0.25, 0.3) is 0 Å². The number of hydrogen-bond donors (Lipinski definition) is 2. The number of aliphatic hydroxyl groups excluding tert-OH is 2. The molecule has 4 atom stereocenters. The minimum Gasteiger partial charge on any atom is -0.394 e. The molecule has 1 heterocycles. The van der Waals surface area contributed by atoms with Gasteiger partial charge in [-0.25, -0.2) is 0 Å². The highest BCUT2D eigenvalue weighted by Gasteiger charge is 2.41. The highest BCUT2D eigenvalue weighted by molar-refractivity contribution is 6.11. The van der Waals surface area contributed by atoms with Crippen LogP contribution in [0.5, 0.6) is 0 Å². The zero-order valence-electron chi connectivity index (χ0n) is 8.55. The number of aliphatic hydroxyl groups is 2. The average molecular weight is 204 g/mol. The predicted octanol–water partition coefficient (Wildman–Crippen LogP) is -2.27. The van der Waals surface area contributed by atoms with Gasteiger partial charge in [-0.15, -0.1) is 0 Å². The van der Waals surface area contributed by atoms with Gasteiger partial charge in [0.05, 0.1) is 25.8 Å². The highest BCUT2D eigenvalue weighted by Crippen LogP contribution is 2.21. The lowest BCUT2D eigenvalue weighted by Gasteiger charge is -2.18. The molecule has 0 aromatic carbocycles. The van der Waals surface area contributed by atoms with Crippen LogP contribution in [-0.4, -0.2) is 69.3 Å². The minimum atomic E-state index is -0.758. The van der Waals surface area contributed by atoms with Crippen LogP contribution < -0.4 is 0 Å². The van der Waals surface area contributed by atoms with Crippen molar-refractivity contribution in [3.05, 3.63) is 0 Å². The van der Waals surface area contributed by atoms with Crippen molar-refractivity contribution < 1.29 is 24.4 Å². The van der Waals surface area contributed by atoms with Gasteiger partial charge < -0.3 is 24.4 Å². The second-order valence-electron chi connectivity index (χ2n) is 3.38. The first-order chi connectivity index (χ1) is 6.70. The molecule has 6 heteroatoms. The molecule has 1 aliphatic heterocycles. The van der Waals surface area contributed by atoms with Crippen molar-refractivity contribution in [3.8, 4) is 0 Å². The molecule has 0 radical (unpaired) electrons. The Bertz CT molecular complexity index is 168. The first-order valence-corrected chi connectivity index (χ1v) is 4.75. The standard InChI is InChI=1S/C8H17BO5/c1-12-2-3-13-7-6(11)5(4-10)14-8(7)9/h5-8,10-11H,2-4,9H2,1H3/t5-,6?,7?,8-/m1/s1. The zero-order valence-corrected chi connectivity index (χ0v) is 8.55. The number of ether oxygens (including phenoxy) is 3. The highest BCUT2D eigenvalue weighted by atomic mass is 16.6. The smallest absolute Gasteiger partial charge is 0.142 e. The van der Waals surface area contributed by atoms with E-state index in [4.69, 9.17) is 19.3 Å². The number of hydrogen-bond acceptors (Lipinski definition) is 5. The topological polar surface area (TPSA) is 68.2 Å². The molecule has 1 fully saturated rings. The van der Waals surface area contributed by atoms with Gasteiger partial charge in [0, 0.05) is 7.11 Å². The SMILES string of the molecule is B[C@@H]1O[C@H](CO)C(O)C1OCCOC. The van der Waals surface area contributed by atoms with E-state index in [0.29, 0.717) is 13.2 Å². The lowest BCUT2D eigenvalue weighted by Crippen LogP contribution is -2.37. The van der Waals surface area contributed by atoms with Crippen molar-refractivity contribution >= 4 is 7.85 Å². The molecule has 0 bridgehead atoms. The molecule has 0 aromatic rings. The molecule has 0 aromatic heterocycles. The fraction of sp³-hybridized carbons (Fsp3) is 1.00. The van der Waals surface area contributed by atoms with Crippen molar-refractivity contribution in [2.75, 3.05) is 26.9 Å². The van der Waals surface area contributed by atoms with Crippen LogP contribution in [0.1, 0.15) is 0 Å². The molecule has 0 spiro atoms. The summed E-state index contributed by atoms with van der Waals surface area (Å²) in [7, 11) is 3.40. The third kappa shape index (κ3) is 2.68. The summed E-state index contributed by atoms with van der Waals surface area (Å²) in [5.74, 6) is 0. The van der Waals surface area contributed by atoms with Crippen LogP contribution in [0.2, 0.25) is 0 Å².